The second-order valence-corrected chi connectivity index (χ2v) is 5.90. The number of anilines is 1. The first kappa shape index (κ1) is 14.4. The minimum Gasteiger partial charge on any atom is -0.321 e. The molecule has 0 radical (unpaired) electrons. The SMILES string of the molecule is Cc1cnccc1-c1ccc(C(=O)Nc2ccc(F)cc2)s1. The summed E-state index contributed by atoms with van der Waals surface area (Å²) in [5, 5.41) is 2.76. The quantitative estimate of drug-likeness (QED) is 0.773. The van der Waals surface area contributed by atoms with Gasteiger partial charge in [-0.15, -0.1) is 11.3 Å². The van der Waals surface area contributed by atoms with Crippen molar-refractivity contribution >= 4 is 22.9 Å². The molecule has 0 spiro atoms. The van der Waals surface area contributed by atoms with Crippen LogP contribution in [0, 0.1) is 12.7 Å². The topological polar surface area (TPSA) is 42.0 Å². The van der Waals surface area contributed by atoms with Crippen LogP contribution in [0.5, 0.6) is 0 Å². The van der Waals surface area contributed by atoms with Gasteiger partial charge in [-0.05, 0) is 60.5 Å². The van der Waals surface area contributed by atoms with Gasteiger partial charge in [-0.2, -0.15) is 0 Å². The molecule has 2 heterocycles. The normalized spacial score (nSPS) is 10.5. The zero-order valence-corrected chi connectivity index (χ0v) is 12.7. The van der Waals surface area contributed by atoms with Gasteiger partial charge in [0.05, 0.1) is 4.88 Å². The molecule has 3 nitrogen and oxygen atoms in total. The van der Waals surface area contributed by atoms with Gasteiger partial charge in [0.15, 0.2) is 0 Å². The van der Waals surface area contributed by atoms with E-state index >= 15 is 0 Å². The van der Waals surface area contributed by atoms with E-state index in [1.54, 1.807) is 18.5 Å². The molecule has 1 aromatic carbocycles. The van der Waals surface area contributed by atoms with E-state index in [4.69, 9.17) is 0 Å². The van der Waals surface area contributed by atoms with Crippen LogP contribution in [0.1, 0.15) is 15.2 Å². The summed E-state index contributed by atoms with van der Waals surface area (Å²) in [7, 11) is 0. The van der Waals surface area contributed by atoms with Crippen molar-refractivity contribution in [3.63, 3.8) is 0 Å². The number of hydrogen-bond acceptors (Lipinski definition) is 3. The smallest absolute Gasteiger partial charge is 0.265 e. The number of rotatable bonds is 3. The van der Waals surface area contributed by atoms with Gasteiger partial charge in [-0.25, -0.2) is 4.39 Å². The lowest BCUT2D eigenvalue weighted by atomic mass is 10.1. The summed E-state index contributed by atoms with van der Waals surface area (Å²) in [4.78, 5) is 17.9. The molecule has 0 atom stereocenters. The number of halogens is 1. The van der Waals surface area contributed by atoms with Gasteiger partial charge in [0.1, 0.15) is 5.82 Å². The summed E-state index contributed by atoms with van der Waals surface area (Å²) in [6.07, 6.45) is 3.54. The highest BCUT2D eigenvalue weighted by Crippen LogP contribution is 2.30. The maximum Gasteiger partial charge on any atom is 0.265 e. The minimum atomic E-state index is -0.329. The summed E-state index contributed by atoms with van der Waals surface area (Å²) in [6, 6.07) is 11.4. The number of carbonyl (C=O) groups excluding carboxylic acids is 1. The zero-order valence-electron chi connectivity index (χ0n) is 11.8. The molecule has 0 aliphatic rings. The van der Waals surface area contributed by atoms with E-state index in [9.17, 15) is 9.18 Å². The van der Waals surface area contributed by atoms with Gasteiger partial charge in [0.25, 0.3) is 5.91 Å². The van der Waals surface area contributed by atoms with Crippen molar-refractivity contribution in [2.24, 2.45) is 0 Å². The van der Waals surface area contributed by atoms with Crippen LogP contribution in [0.3, 0.4) is 0 Å². The van der Waals surface area contributed by atoms with E-state index in [0.29, 0.717) is 10.6 Å². The van der Waals surface area contributed by atoms with Crippen LogP contribution in [0.2, 0.25) is 0 Å². The summed E-state index contributed by atoms with van der Waals surface area (Å²) < 4.78 is 12.9. The minimum absolute atomic E-state index is 0.199. The van der Waals surface area contributed by atoms with Gasteiger partial charge in [0, 0.05) is 23.0 Å². The fraction of sp³-hybridized carbons (Fsp3) is 0.0588. The Labute approximate surface area is 131 Å². The first-order chi connectivity index (χ1) is 10.6. The van der Waals surface area contributed by atoms with Crippen molar-refractivity contribution in [1.29, 1.82) is 0 Å². The third kappa shape index (κ3) is 3.04. The van der Waals surface area contributed by atoms with Gasteiger partial charge in [-0.3, -0.25) is 9.78 Å². The maximum absolute atomic E-state index is 12.9. The summed E-state index contributed by atoms with van der Waals surface area (Å²) in [5.41, 5.74) is 2.71. The largest absolute Gasteiger partial charge is 0.321 e. The van der Waals surface area contributed by atoms with E-state index < -0.39 is 0 Å². The number of nitrogens with one attached hydrogen (secondary N) is 1. The Bertz CT molecular complexity index is 812. The first-order valence-corrected chi connectivity index (χ1v) is 7.53. The molecule has 1 N–H and O–H groups in total. The van der Waals surface area contributed by atoms with Crippen LogP contribution in [0.4, 0.5) is 10.1 Å². The summed E-state index contributed by atoms with van der Waals surface area (Å²) in [5.74, 6) is -0.529. The highest BCUT2D eigenvalue weighted by molar-refractivity contribution is 7.17. The number of carbonyl (C=O) groups is 1. The molecule has 1 amide bonds. The molecule has 0 saturated carbocycles. The predicted molar refractivity (Wildman–Crippen MR) is 86.6 cm³/mol. The van der Waals surface area contributed by atoms with E-state index in [0.717, 1.165) is 16.0 Å². The molecular formula is C17H13FN2OS. The van der Waals surface area contributed by atoms with Crippen LogP contribution < -0.4 is 5.32 Å². The number of benzene rings is 1. The number of hydrogen-bond donors (Lipinski definition) is 1. The van der Waals surface area contributed by atoms with Crippen LogP contribution >= 0.6 is 11.3 Å². The molecule has 2 aromatic heterocycles. The fourth-order valence-electron chi connectivity index (χ4n) is 2.08. The van der Waals surface area contributed by atoms with Gasteiger partial charge >= 0.3 is 0 Å². The van der Waals surface area contributed by atoms with Crippen molar-refractivity contribution in [2.75, 3.05) is 5.32 Å². The van der Waals surface area contributed by atoms with Crippen molar-refractivity contribution in [3.05, 3.63) is 71.1 Å². The molecule has 0 bridgehead atoms. The van der Waals surface area contributed by atoms with Crippen molar-refractivity contribution in [1.82, 2.24) is 4.98 Å². The standard InChI is InChI=1S/C17H13FN2OS/c1-11-10-19-9-8-14(11)15-6-7-16(22-15)17(21)20-13-4-2-12(18)3-5-13/h2-10H,1H3,(H,20,21). The van der Waals surface area contributed by atoms with E-state index in [1.165, 1.54) is 35.6 Å². The molecule has 22 heavy (non-hydrogen) atoms. The number of nitrogens with zero attached hydrogens (tertiary/aromatic N) is 1. The second-order valence-electron chi connectivity index (χ2n) is 4.82. The van der Waals surface area contributed by atoms with E-state index in [2.05, 4.69) is 10.3 Å². The molecule has 0 aliphatic heterocycles. The third-order valence-corrected chi connectivity index (χ3v) is 4.33. The Hall–Kier alpha value is -2.53. The van der Waals surface area contributed by atoms with Crippen LogP contribution in [0.15, 0.2) is 54.9 Å². The molecule has 3 aromatic rings. The van der Waals surface area contributed by atoms with Crippen LogP contribution in [0.25, 0.3) is 10.4 Å². The molecule has 0 aliphatic carbocycles. The number of thiophene rings is 1. The third-order valence-electron chi connectivity index (χ3n) is 3.22. The van der Waals surface area contributed by atoms with Crippen molar-refractivity contribution < 1.29 is 9.18 Å². The highest BCUT2D eigenvalue weighted by atomic mass is 32.1. The molecular weight excluding hydrogens is 299 g/mol. The second kappa shape index (κ2) is 6.07. The van der Waals surface area contributed by atoms with Gasteiger partial charge in [-0.1, -0.05) is 0 Å². The van der Waals surface area contributed by atoms with Gasteiger partial charge in [0.2, 0.25) is 0 Å². The zero-order chi connectivity index (χ0) is 15.5. The molecule has 110 valence electrons. The van der Waals surface area contributed by atoms with Crippen molar-refractivity contribution in [2.45, 2.75) is 6.92 Å². The molecule has 0 unspecified atom stereocenters. The average molecular weight is 312 g/mol. The van der Waals surface area contributed by atoms with Crippen LogP contribution in [-0.2, 0) is 0 Å². The number of aromatic nitrogens is 1. The number of aryl methyl sites for hydroxylation is 1. The Morgan fingerprint density at radius 2 is 1.91 bits per heavy atom. The molecule has 5 heteroatoms. The van der Waals surface area contributed by atoms with Crippen molar-refractivity contribution in [3.8, 4) is 10.4 Å². The average Bonchev–Trinajstić information content (AvgIpc) is 3.00. The highest BCUT2D eigenvalue weighted by Gasteiger charge is 2.11. The Morgan fingerprint density at radius 1 is 1.14 bits per heavy atom. The lowest BCUT2D eigenvalue weighted by molar-refractivity contribution is 0.103. The van der Waals surface area contributed by atoms with Crippen LogP contribution in [-0.4, -0.2) is 10.9 Å². The lowest BCUT2D eigenvalue weighted by Crippen LogP contribution is -2.09. The molecule has 0 saturated heterocycles. The lowest BCUT2D eigenvalue weighted by Gasteiger charge is -2.03. The first-order valence-electron chi connectivity index (χ1n) is 6.71. The van der Waals surface area contributed by atoms with E-state index in [1.807, 2.05) is 19.1 Å². The van der Waals surface area contributed by atoms with Gasteiger partial charge < -0.3 is 5.32 Å². The monoisotopic (exact) mass is 312 g/mol. The number of amides is 1. The maximum atomic E-state index is 12.9. The number of pyridine rings is 1. The fourth-order valence-corrected chi connectivity index (χ4v) is 3.07. The molecule has 0 fully saturated rings. The predicted octanol–water partition coefficient (Wildman–Crippen LogP) is 4.51. The Balaban J connectivity index is 1.80. The molecule has 3 rings (SSSR count). The summed E-state index contributed by atoms with van der Waals surface area (Å²) in [6.45, 7) is 1.99. The Morgan fingerprint density at radius 3 is 2.64 bits per heavy atom. The Kier molecular flexibility index (Phi) is 3.98. The summed E-state index contributed by atoms with van der Waals surface area (Å²) >= 11 is 1.42. The van der Waals surface area contributed by atoms with E-state index in [-0.39, 0.29) is 11.7 Å².